The Kier molecular flexibility index (Phi) is 10.3. The highest BCUT2D eigenvalue weighted by Gasteiger charge is 2.61. The average molecular weight is 696 g/mol. The minimum Gasteiger partial charge on any atom is -0.484 e. The van der Waals surface area contributed by atoms with E-state index in [9.17, 15) is 24.3 Å². The maximum atomic E-state index is 13.9. The van der Waals surface area contributed by atoms with Crippen LogP contribution in [0, 0.1) is 0 Å². The van der Waals surface area contributed by atoms with E-state index in [1.54, 1.807) is 24.3 Å². The molecule has 0 saturated carbocycles. The van der Waals surface area contributed by atoms with Crippen LogP contribution in [0.25, 0.3) is 0 Å². The van der Waals surface area contributed by atoms with Crippen LogP contribution in [0.15, 0.2) is 133 Å². The molecular weight excluding hydrogens is 659 g/mol. The Morgan fingerprint density at radius 3 is 1.82 bits per heavy atom. The predicted molar refractivity (Wildman–Crippen MR) is 192 cm³/mol. The van der Waals surface area contributed by atoms with E-state index in [0.29, 0.717) is 11.3 Å². The maximum Gasteiger partial charge on any atom is 0.333 e. The Morgan fingerprint density at radius 1 is 0.857 bits per heavy atom. The van der Waals surface area contributed by atoms with Gasteiger partial charge in [-0.15, -0.1) is 11.8 Å². The largest absolute Gasteiger partial charge is 0.484 e. The average Bonchev–Trinajstić information content (AvgIpc) is 3.15. The van der Waals surface area contributed by atoms with Crippen molar-refractivity contribution < 1.29 is 33.8 Å². The van der Waals surface area contributed by atoms with Crippen molar-refractivity contribution in [2.75, 3.05) is 13.7 Å². The summed E-state index contributed by atoms with van der Waals surface area (Å²) in [6, 6.07) is 36.2. The number of nitrogens with zero attached hydrogens (tertiary/aromatic N) is 1. The van der Waals surface area contributed by atoms with Crippen molar-refractivity contribution in [3.63, 3.8) is 0 Å². The SMILES string of the molecule is COC(=O)C1/C(=C/[P+](c2ccccc2)(c2ccccc2)c2ccccc2)C(C(O)C(C)=O)S[C@@H]2[C@H](NC(=O)COc3ccccc3)C(=O)N12. The summed E-state index contributed by atoms with van der Waals surface area (Å²) in [6.45, 7) is 0.969. The molecule has 0 aliphatic carbocycles. The number of ketones is 1. The van der Waals surface area contributed by atoms with Crippen molar-refractivity contribution in [2.45, 2.75) is 35.7 Å². The van der Waals surface area contributed by atoms with Gasteiger partial charge in [0.1, 0.15) is 46.4 Å². The molecule has 2 fully saturated rings. The van der Waals surface area contributed by atoms with Gasteiger partial charge in [-0.2, -0.15) is 0 Å². The second-order valence-corrected chi connectivity index (χ2v) is 16.2. The lowest BCUT2D eigenvalue weighted by Crippen LogP contribution is -2.76. The first kappa shape index (κ1) is 34.1. The molecule has 4 aromatic rings. The van der Waals surface area contributed by atoms with Gasteiger partial charge in [-0.3, -0.25) is 14.4 Å². The van der Waals surface area contributed by atoms with E-state index in [2.05, 4.69) is 5.32 Å². The maximum absolute atomic E-state index is 13.9. The van der Waals surface area contributed by atoms with Gasteiger partial charge in [0.25, 0.3) is 5.91 Å². The van der Waals surface area contributed by atoms with E-state index in [-0.39, 0.29) is 6.61 Å². The summed E-state index contributed by atoms with van der Waals surface area (Å²) in [7, 11) is -1.52. The number of fused-ring (bicyclic) bond motifs is 1. The number of ether oxygens (including phenoxy) is 2. The van der Waals surface area contributed by atoms with Gasteiger partial charge >= 0.3 is 5.97 Å². The molecule has 2 heterocycles. The smallest absolute Gasteiger partial charge is 0.333 e. The fourth-order valence-electron chi connectivity index (χ4n) is 6.32. The van der Waals surface area contributed by atoms with Crippen molar-refractivity contribution in [1.82, 2.24) is 10.2 Å². The van der Waals surface area contributed by atoms with Crippen LogP contribution < -0.4 is 26.0 Å². The van der Waals surface area contributed by atoms with E-state index >= 15 is 0 Å². The molecule has 0 bridgehead atoms. The first-order chi connectivity index (χ1) is 23.8. The summed E-state index contributed by atoms with van der Waals surface area (Å²) >= 11 is 1.17. The monoisotopic (exact) mass is 695 g/mol. The second-order valence-electron chi connectivity index (χ2n) is 11.7. The first-order valence-corrected chi connectivity index (χ1v) is 18.6. The number of carbonyl (C=O) groups excluding carboxylic acids is 4. The highest BCUT2D eigenvalue weighted by molar-refractivity contribution is 8.01. The van der Waals surface area contributed by atoms with Crippen molar-refractivity contribution >= 4 is 58.5 Å². The molecule has 11 heteroatoms. The van der Waals surface area contributed by atoms with Gasteiger partial charge in [0.15, 0.2) is 18.4 Å². The number of carbonyl (C=O) groups is 4. The number of methoxy groups -OCH3 is 1. The number of esters is 1. The number of amides is 2. The number of para-hydroxylation sites is 1. The topological polar surface area (TPSA) is 122 Å². The van der Waals surface area contributed by atoms with E-state index in [1.807, 2.05) is 103 Å². The lowest BCUT2D eigenvalue weighted by atomic mass is 9.93. The van der Waals surface area contributed by atoms with Gasteiger partial charge in [0, 0.05) is 5.57 Å². The normalized spacial score (nSPS) is 21.6. The summed E-state index contributed by atoms with van der Waals surface area (Å²) in [4.78, 5) is 54.9. The van der Waals surface area contributed by atoms with E-state index in [0.717, 1.165) is 15.9 Å². The first-order valence-electron chi connectivity index (χ1n) is 15.8. The molecule has 2 aliphatic heterocycles. The van der Waals surface area contributed by atoms with Crippen LogP contribution in [0.3, 0.4) is 0 Å². The van der Waals surface area contributed by atoms with Crippen molar-refractivity contribution in [3.05, 3.63) is 133 Å². The molecular formula is C38H36N2O7PS+. The zero-order valence-corrected chi connectivity index (χ0v) is 28.6. The Bertz CT molecular complexity index is 1750. The minimum absolute atomic E-state index is 0.325. The standard InChI is InChI=1S/C38H35N2O7PS/c1-25(41)34(43)35-30(24-48(27-17-9-4-10-18-27,28-19-11-5-12-20-28)29-21-13-6-14-22-29)33(38(45)46-2)40-36(44)32(37(40)49-35)39-31(42)23-47-26-15-7-3-8-16-26/h3-22,24,32-35,37,43H,23H2,1-2H3/p+1/b30-24-/t32-,33?,34?,35?,37-/m1/s1. The number of aliphatic hydroxyl groups excluding tert-OH is 1. The van der Waals surface area contributed by atoms with E-state index in [4.69, 9.17) is 9.47 Å². The molecule has 5 atom stereocenters. The number of β-lactam (4-membered cyclic amide) rings is 1. The Morgan fingerprint density at radius 2 is 1.35 bits per heavy atom. The van der Waals surface area contributed by atoms with Gasteiger partial charge < -0.3 is 24.8 Å². The molecule has 2 saturated heterocycles. The number of aliphatic hydroxyl groups is 1. The van der Waals surface area contributed by atoms with Crippen molar-refractivity contribution in [1.29, 1.82) is 0 Å². The number of rotatable bonds is 11. The van der Waals surface area contributed by atoms with E-state index in [1.165, 1.54) is 30.7 Å². The number of nitrogens with one attached hydrogen (secondary N) is 1. The Balaban J connectivity index is 1.47. The highest BCUT2D eigenvalue weighted by Crippen LogP contribution is 2.60. The second kappa shape index (κ2) is 14.8. The molecule has 49 heavy (non-hydrogen) atoms. The number of hydrogen-bond donors (Lipinski definition) is 2. The van der Waals surface area contributed by atoms with Crippen LogP contribution >= 0.6 is 19.0 Å². The molecule has 2 aliphatic rings. The van der Waals surface area contributed by atoms with Gasteiger partial charge in [0.05, 0.1) is 18.2 Å². The molecule has 2 amide bonds. The molecule has 0 spiro atoms. The van der Waals surface area contributed by atoms with Crippen molar-refractivity contribution in [2.24, 2.45) is 0 Å². The Hall–Kier alpha value is -4.76. The van der Waals surface area contributed by atoms with Crippen LogP contribution in [0.1, 0.15) is 6.92 Å². The van der Waals surface area contributed by atoms with E-state index < -0.39 is 59.6 Å². The molecule has 250 valence electrons. The van der Waals surface area contributed by atoms with Crippen LogP contribution in [0.5, 0.6) is 5.75 Å². The Labute approximate surface area is 289 Å². The van der Waals surface area contributed by atoms with Crippen molar-refractivity contribution in [3.8, 4) is 5.75 Å². The van der Waals surface area contributed by atoms with Crippen LogP contribution in [-0.2, 0) is 23.9 Å². The third kappa shape index (κ3) is 6.64. The third-order valence-corrected chi connectivity index (χ3v) is 14.3. The van der Waals surface area contributed by atoms with Crippen LogP contribution in [-0.4, -0.2) is 76.1 Å². The lowest BCUT2D eigenvalue weighted by molar-refractivity contribution is -0.162. The lowest BCUT2D eigenvalue weighted by Gasteiger charge is -2.55. The fourth-order valence-corrected chi connectivity index (χ4v) is 12.1. The predicted octanol–water partition coefficient (Wildman–Crippen LogP) is 3.20. The van der Waals surface area contributed by atoms with Gasteiger partial charge in [-0.1, -0.05) is 72.8 Å². The van der Waals surface area contributed by atoms with Gasteiger partial charge in [-0.05, 0) is 55.5 Å². The quantitative estimate of drug-likeness (QED) is 0.140. The van der Waals surface area contributed by atoms with Gasteiger partial charge in [0.2, 0.25) is 5.91 Å². The zero-order chi connectivity index (χ0) is 34.5. The number of Topliss-reactive ketones (excluding diaryl/α,β-unsaturated/α-hetero) is 1. The molecule has 9 nitrogen and oxygen atoms in total. The highest BCUT2D eigenvalue weighted by atomic mass is 32.2. The fraction of sp³-hybridized carbons (Fsp3) is 0.211. The summed E-state index contributed by atoms with van der Waals surface area (Å²) in [5.74, 6) is 0.302. The summed E-state index contributed by atoms with van der Waals surface area (Å²) in [5.41, 5.74) is 0.395. The number of benzene rings is 4. The third-order valence-electron chi connectivity index (χ3n) is 8.68. The molecule has 3 unspecified atom stereocenters. The summed E-state index contributed by atoms with van der Waals surface area (Å²) in [6.07, 6.45) is -1.51. The summed E-state index contributed by atoms with van der Waals surface area (Å²) < 4.78 is 10.9. The number of hydrogen-bond acceptors (Lipinski definition) is 8. The summed E-state index contributed by atoms with van der Waals surface area (Å²) in [5, 5.41) is 15.5. The van der Waals surface area contributed by atoms with Crippen LogP contribution in [0.4, 0.5) is 0 Å². The number of thioether (sulfide) groups is 1. The molecule has 6 rings (SSSR count). The molecule has 2 N–H and O–H groups in total. The zero-order valence-electron chi connectivity index (χ0n) is 26.9. The molecule has 4 aromatic carbocycles. The molecule has 0 radical (unpaired) electrons. The molecule has 0 aromatic heterocycles. The van der Waals surface area contributed by atoms with Gasteiger partial charge in [-0.25, -0.2) is 4.79 Å². The minimum atomic E-state index is -2.76. The van der Waals surface area contributed by atoms with Crippen LogP contribution in [0.2, 0.25) is 0 Å².